The van der Waals surface area contributed by atoms with Crippen LogP contribution in [0.25, 0.3) is 10.2 Å². The maximum absolute atomic E-state index is 5.96. The SMILES string of the molecule is S=C(Nc1ccc(Cl)c(Cl)c1)Nc1nc2ccccc2s1. The van der Waals surface area contributed by atoms with Crippen molar-refractivity contribution in [2.45, 2.75) is 0 Å². The second kappa shape index (κ2) is 6.15. The third-order valence-electron chi connectivity index (χ3n) is 2.69. The number of thiazole rings is 1. The summed E-state index contributed by atoms with van der Waals surface area (Å²) in [6.07, 6.45) is 0. The van der Waals surface area contributed by atoms with Gasteiger partial charge in [-0.05, 0) is 42.5 Å². The quantitative estimate of drug-likeness (QED) is 0.603. The Balaban J connectivity index is 1.72. The fraction of sp³-hybridized carbons (Fsp3) is 0. The number of halogens is 2. The van der Waals surface area contributed by atoms with Gasteiger partial charge in [-0.25, -0.2) is 4.98 Å². The van der Waals surface area contributed by atoms with E-state index in [1.807, 2.05) is 24.3 Å². The Morgan fingerprint density at radius 3 is 2.62 bits per heavy atom. The average molecular weight is 354 g/mol. The van der Waals surface area contributed by atoms with E-state index in [1.165, 1.54) is 0 Å². The zero-order chi connectivity index (χ0) is 14.8. The number of aromatic nitrogens is 1. The maximum Gasteiger partial charge on any atom is 0.190 e. The largest absolute Gasteiger partial charge is 0.332 e. The molecule has 2 N–H and O–H groups in total. The van der Waals surface area contributed by atoms with Crippen LogP contribution >= 0.6 is 46.8 Å². The highest BCUT2D eigenvalue weighted by atomic mass is 35.5. The third kappa shape index (κ3) is 3.44. The summed E-state index contributed by atoms with van der Waals surface area (Å²) in [4.78, 5) is 4.46. The first-order chi connectivity index (χ1) is 10.1. The van der Waals surface area contributed by atoms with E-state index in [9.17, 15) is 0 Å². The first-order valence-corrected chi connectivity index (χ1v) is 7.98. The monoisotopic (exact) mass is 353 g/mol. The van der Waals surface area contributed by atoms with Gasteiger partial charge in [0.05, 0.1) is 20.3 Å². The molecule has 0 atom stereocenters. The molecule has 0 bridgehead atoms. The number of rotatable bonds is 2. The number of benzene rings is 2. The van der Waals surface area contributed by atoms with E-state index in [0.29, 0.717) is 15.2 Å². The Morgan fingerprint density at radius 2 is 1.86 bits per heavy atom. The van der Waals surface area contributed by atoms with Gasteiger partial charge in [0.2, 0.25) is 0 Å². The van der Waals surface area contributed by atoms with Crippen LogP contribution in [0.3, 0.4) is 0 Å². The molecule has 2 aromatic carbocycles. The first kappa shape index (κ1) is 14.5. The van der Waals surface area contributed by atoms with Crippen LogP contribution in [-0.2, 0) is 0 Å². The van der Waals surface area contributed by atoms with Crippen molar-refractivity contribution in [1.82, 2.24) is 4.98 Å². The van der Waals surface area contributed by atoms with E-state index in [-0.39, 0.29) is 0 Å². The van der Waals surface area contributed by atoms with Crippen LogP contribution in [0.5, 0.6) is 0 Å². The molecule has 0 aliphatic carbocycles. The molecule has 0 spiro atoms. The normalized spacial score (nSPS) is 10.6. The number of nitrogens with one attached hydrogen (secondary N) is 2. The molecule has 3 aromatic rings. The van der Waals surface area contributed by atoms with Gasteiger partial charge >= 0.3 is 0 Å². The van der Waals surface area contributed by atoms with Gasteiger partial charge in [0, 0.05) is 5.69 Å². The van der Waals surface area contributed by atoms with Crippen LogP contribution in [0.15, 0.2) is 42.5 Å². The lowest BCUT2D eigenvalue weighted by atomic mass is 10.3. The number of fused-ring (bicyclic) bond motifs is 1. The molecule has 0 radical (unpaired) electrons. The van der Waals surface area contributed by atoms with Crippen LogP contribution in [0, 0.1) is 0 Å². The first-order valence-electron chi connectivity index (χ1n) is 6.00. The summed E-state index contributed by atoms with van der Waals surface area (Å²) in [6, 6.07) is 13.2. The second-order valence-corrected chi connectivity index (χ2v) is 6.45. The van der Waals surface area contributed by atoms with Crippen molar-refractivity contribution >= 4 is 72.9 Å². The standard InChI is InChI=1S/C14H9Cl2N3S2/c15-9-6-5-8(7-10(9)16)17-13(20)19-14-18-11-3-1-2-4-12(11)21-14/h1-7H,(H2,17,18,19,20). The topological polar surface area (TPSA) is 37.0 Å². The summed E-state index contributed by atoms with van der Waals surface area (Å²) in [5.41, 5.74) is 1.71. The molecule has 3 rings (SSSR count). The van der Waals surface area contributed by atoms with Gasteiger partial charge in [-0.3, -0.25) is 0 Å². The van der Waals surface area contributed by atoms with Crippen LogP contribution in [0.4, 0.5) is 10.8 Å². The Kier molecular flexibility index (Phi) is 4.26. The van der Waals surface area contributed by atoms with Gasteiger partial charge in [0.1, 0.15) is 0 Å². The molecule has 0 aliphatic rings. The van der Waals surface area contributed by atoms with Crippen molar-refractivity contribution in [1.29, 1.82) is 0 Å². The van der Waals surface area contributed by atoms with Crippen molar-refractivity contribution in [2.24, 2.45) is 0 Å². The third-order valence-corrected chi connectivity index (χ3v) is 4.59. The predicted molar refractivity (Wildman–Crippen MR) is 95.9 cm³/mol. The summed E-state index contributed by atoms with van der Waals surface area (Å²) in [5, 5.41) is 8.29. The molecular weight excluding hydrogens is 345 g/mol. The molecule has 1 heterocycles. The van der Waals surface area contributed by atoms with E-state index >= 15 is 0 Å². The van der Waals surface area contributed by atoms with Gasteiger partial charge < -0.3 is 10.6 Å². The van der Waals surface area contributed by atoms with Gasteiger partial charge in [0.15, 0.2) is 10.2 Å². The number of anilines is 2. The van der Waals surface area contributed by atoms with Gasteiger partial charge in [-0.15, -0.1) is 0 Å². The summed E-state index contributed by atoms with van der Waals surface area (Å²) in [6.45, 7) is 0. The summed E-state index contributed by atoms with van der Waals surface area (Å²) in [5.74, 6) is 0. The lowest BCUT2D eigenvalue weighted by molar-refractivity contribution is 1.47. The number of thiocarbonyl (C=S) groups is 1. The minimum atomic E-state index is 0.451. The number of hydrogen-bond acceptors (Lipinski definition) is 3. The molecule has 0 saturated heterocycles. The van der Waals surface area contributed by atoms with Crippen LogP contribution in [-0.4, -0.2) is 10.1 Å². The van der Waals surface area contributed by atoms with Crippen molar-refractivity contribution in [3.8, 4) is 0 Å². The van der Waals surface area contributed by atoms with Crippen molar-refractivity contribution in [3.63, 3.8) is 0 Å². The zero-order valence-corrected chi connectivity index (χ0v) is 13.7. The lowest BCUT2D eigenvalue weighted by Crippen LogP contribution is -2.18. The molecule has 1 aromatic heterocycles. The Labute approximate surface area is 140 Å². The molecule has 0 fully saturated rings. The highest BCUT2D eigenvalue weighted by molar-refractivity contribution is 7.80. The highest BCUT2D eigenvalue weighted by Gasteiger charge is 2.06. The molecule has 21 heavy (non-hydrogen) atoms. The van der Waals surface area contributed by atoms with E-state index < -0.39 is 0 Å². The van der Waals surface area contributed by atoms with E-state index in [0.717, 1.165) is 21.0 Å². The fourth-order valence-corrected chi connectivity index (χ4v) is 3.21. The molecule has 0 unspecified atom stereocenters. The Hall–Kier alpha value is -1.40. The van der Waals surface area contributed by atoms with E-state index in [2.05, 4.69) is 15.6 Å². The fourth-order valence-electron chi connectivity index (χ4n) is 1.76. The predicted octanol–water partition coefficient (Wildman–Crippen LogP) is 5.41. The molecule has 106 valence electrons. The van der Waals surface area contributed by atoms with Gasteiger partial charge in [0.25, 0.3) is 0 Å². The van der Waals surface area contributed by atoms with Crippen LogP contribution in [0.1, 0.15) is 0 Å². The Morgan fingerprint density at radius 1 is 1.05 bits per heavy atom. The summed E-state index contributed by atoms with van der Waals surface area (Å²) >= 11 is 18.7. The highest BCUT2D eigenvalue weighted by Crippen LogP contribution is 2.27. The zero-order valence-electron chi connectivity index (χ0n) is 10.6. The second-order valence-electron chi connectivity index (χ2n) is 4.19. The smallest absolute Gasteiger partial charge is 0.190 e. The van der Waals surface area contributed by atoms with E-state index in [4.69, 9.17) is 35.4 Å². The van der Waals surface area contributed by atoms with Gasteiger partial charge in [-0.2, -0.15) is 0 Å². The molecule has 3 nitrogen and oxygen atoms in total. The minimum Gasteiger partial charge on any atom is -0.332 e. The number of para-hydroxylation sites is 1. The number of nitrogens with zero attached hydrogens (tertiary/aromatic N) is 1. The molecule has 0 saturated carbocycles. The van der Waals surface area contributed by atoms with Crippen molar-refractivity contribution in [2.75, 3.05) is 10.6 Å². The maximum atomic E-state index is 5.96. The molecule has 0 aliphatic heterocycles. The summed E-state index contributed by atoms with van der Waals surface area (Å²) < 4.78 is 1.11. The molecule has 7 heteroatoms. The van der Waals surface area contributed by atoms with Crippen LogP contribution in [0.2, 0.25) is 10.0 Å². The van der Waals surface area contributed by atoms with Gasteiger partial charge in [-0.1, -0.05) is 46.7 Å². The van der Waals surface area contributed by atoms with Crippen molar-refractivity contribution in [3.05, 3.63) is 52.5 Å². The summed E-state index contributed by atoms with van der Waals surface area (Å²) in [7, 11) is 0. The minimum absolute atomic E-state index is 0.451. The van der Waals surface area contributed by atoms with Crippen molar-refractivity contribution < 1.29 is 0 Å². The van der Waals surface area contributed by atoms with Crippen LogP contribution < -0.4 is 10.6 Å². The molecular formula is C14H9Cl2N3S2. The van der Waals surface area contributed by atoms with E-state index in [1.54, 1.807) is 29.5 Å². The molecule has 0 amide bonds. The lowest BCUT2D eigenvalue weighted by Gasteiger charge is -2.08. The Bertz CT molecular complexity index is 784. The average Bonchev–Trinajstić information content (AvgIpc) is 2.84. The number of hydrogen-bond donors (Lipinski definition) is 2.